The first kappa shape index (κ1) is 34.9. The molecule has 0 aliphatic carbocycles. The van der Waals surface area contributed by atoms with Crippen molar-refractivity contribution >= 4 is 54.2 Å². The van der Waals surface area contributed by atoms with E-state index in [9.17, 15) is 26.9 Å². The van der Waals surface area contributed by atoms with E-state index in [2.05, 4.69) is 61.3 Å². The minimum atomic E-state index is -4.30. The number of nitrogens with zero attached hydrogens (tertiary/aromatic N) is 8. The summed E-state index contributed by atoms with van der Waals surface area (Å²) in [5.41, 5.74) is 10.1. The summed E-state index contributed by atoms with van der Waals surface area (Å²) in [6.45, 7) is 11.3. The van der Waals surface area contributed by atoms with E-state index in [4.69, 9.17) is 5.73 Å². The Kier molecular flexibility index (Phi) is 9.03. The van der Waals surface area contributed by atoms with Crippen molar-refractivity contribution in [3.05, 3.63) is 46.0 Å². The minimum absolute atomic E-state index is 0.0507. The van der Waals surface area contributed by atoms with Crippen LogP contribution in [0.2, 0.25) is 0 Å². The molecule has 2 unspecified atom stereocenters. The third-order valence-electron chi connectivity index (χ3n) is 10.9. The minimum Gasteiger partial charge on any atom is -0.368 e. The average molecular weight is 730 g/mol. The van der Waals surface area contributed by atoms with E-state index in [0.717, 1.165) is 73.4 Å². The number of halogens is 3. The second kappa shape index (κ2) is 12.9. The molecular weight excluding hydrogens is 688 g/mol. The molecule has 3 aliphatic heterocycles. The maximum Gasteiger partial charge on any atom is 0.393 e. The van der Waals surface area contributed by atoms with Crippen molar-refractivity contribution in [1.29, 1.82) is 5.26 Å². The molecule has 3 saturated heterocycles. The molecule has 11 nitrogen and oxygen atoms in total. The van der Waals surface area contributed by atoms with Gasteiger partial charge in [0.15, 0.2) is 0 Å². The van der Waals surface area contributed by atoms with Crippen molar-refractivity contribution in [2.24, 2.45) is 5.41 Å². The number of fused-ring (bicyclic) bond motifs is 2. The normalized spacial score (nSPS) is 22.0. The highest BCUT2D eigenvalue weighted by Crippen LogP contribution is 2.44. The maximum absolute atomic E-state index is 13.1. The van der Waals surface area contributed by atoms with Gasteiger partial charge in [0, 0.05) is 86.1 Å². The van der Waals surface area contributed by atoms with E-state index in [1.165, 1.54) is 16.1 Å². The Bertz CT molecular complexity index is 2080. The summed E-state index contributed by atoms with van der Waals surface area (Å²) in [6, 6.07) is 10.4. The van der Waals surface area contributed by atoms with E-state index in [-0.39, 0.29) is 22.3 Å². The molecule has 268 valence electrons. The lowest BCUT2D eigenvalue weighted by Gasteiger charge is -2.37. The SMILES string of the molecule is Cc1c(CN2CCC3(CCN(c4nc(N)nc5sc(CC(F)(F)F)cc45)C3)C2)ccc2c1cc(C#N)n2CC(C)N1CCN(S(C)(=O)=O)CC1. The number of aryl methyl sites for hydroxylation is 1. The Morgan fingerprint density at radius 1 is 1.06 bits per heavy atom. The first-order valence-electron chi connectivity index (χ1n) is 16.9. The molecule has 0 radical (unpaired) electrons. The highest BCUT2D eigenvalue weighted by molar-refractivity contribution is 7.88. The van der Waals surface area contributed by atoms with Gasteiger partial charge in [0.25, 0.3) is 0 Å². The van der Waals surface area contributed by atoms with Crippen LogP contribution >= 0.6 is 11.3 Å². The van der Waals surface area contributed by atoms with Gasteiger partial charge in [-0.2, -0.15) is 27.7 Å². The van der Waals surface area contributed by atoms with Gasteiger partial charge in [0.2, 0.25) is 16.0 Å². The Morgan fingerprint density at radius 3 is 2.50 bits per heavy atom. The third-order valence-corrected chi connectivity index (χ3v) is 13.2. The van der Waals surface area contributed by atoms with Crippen molar-refractivity contribution < 1.29 is 21.6 Å². The summed E-state index contributed by atoms with van der Waals surface area (Å²) in [4.78, 5) is 16.4. The Hall–Kier alpha value is -3.49. The van der Waals surface area contributed by atoms with Gasteiger partial charge in [-0.1, -0.05) is 6.07 Å². The number of thiophene rings is 1. The number of nitrogen functional groups attached to an aromatic ring is 1. The summed E-state index contributed by atoms with van der Waals surface area (Å²) >= 11 is 1.02. The maximum atomic E-state index is 13.1. The number of piperazine rings is 1. The van der Waals surface area contributed by atoms with Gasteiger partial charge in [0.05, 0.1) is 18.1 Å². The van der Waals surface area contributed by atoms with Crippen LogP contribution < -0.4 is 10.6 Å². The van der Waals surface area contributed by atoms with Crippen molar-refractivity contribution in [3.63, 3.8) is 0 Å². The van der Waals surface area contributed by atoms with Crippen molar-refractivity contribution in [2.45, 2.75) is 58.4 Å². The second-order valence-corrected chi connectivity index (χ2v) is 17.4. The number of hydrogen-bond donors (Lipinski definition) is 1. The Morgan fingerprint density at radius 2 is 1.80 bits per heavy atom. The predicted molar refractivity (Wildman–Crippen MR) is 190 cm³/mol. The summed E-state index contributed by atoms with van der Waals surface area (Å²) in [6.07, 6.45) is -2.06. The number of aromatic nitrogens is 3. The third kappa shape index (κ3) is 6.90. The smallest absolute Gasteiger partial charge is 0.368 e. The van der Waals surface area contributed by atoms with Crippen LogP contribution in [0.25, 0.3) is 21.1 Å². The van der Waals surface area contributed by atoms with E-state index in [1.54, 1.807) is 6.07 Å². The number of benzene rings is 1. The van der Waals surface area contributed by atoms with Crippen LogP contribution in [0, 0.1) is 23.7 Å². The number of hydrogen-bond acceptors (Lipinski definition) is 10. The van der Waals surface area contributed by atoms with Crippen LogP contribution in [0.15, 0.2) is 24.3 Å². The summed E-state index contributed by atoms with van der Waals surface area (Å²) in [5.74, 6) is 0.695. The van der Waals surface area contributed by atoms with Crippen LogP contribution in [-0.4, -0.2) is 108 Å². The fourth-order valence-corrected chi connectivity index (χ4v) is 10.1. The number of nitriles is 1. The van der Waals surface area contributed by atoms with Gasteiger partial charge in [-0.05, 0) is 62.6 Å². The number of nitrogens with two attached hydrogens (primary N) is 1. The molecule has 2 atom stereocenters. The quantitative estimate of drug-likeness (QED) is 0.277. The number of anilines is 2. The van der Waals surface area contributed by atoms with Crippen molar-refractivity contribution in [2.75, 3.05) is 69.2 Å². The van der Waals surface area contributed by atoms with Gasteiger partial charge in [-0.15, -0.1) is 11.3 Å². The standard InChI is InChI=1S/C34H42F3N9O2S2/c1-22(43-10-12-45(13-11-43)50(3,47)48)18-46-25(17-38)14-27-23(2)24(4-5-29(27)46)19-42-8-6-33(20-42)7-9-44(21-33)30-28-15-26(16-34(35,36)37)49-31(28)41-32(39)40-30/h4-5,14-15,22H,6-13,16,18-21H2,1-3H3,(H2,39,40,41). The largest absolute Gasteiger partial charge is 0.393 e. The highest BCUT2D eigenvalue weighted by atomic mass is 32.2. The van der Waals surface area contributed by atoms with Gasteiger partial charge < -0.3 is 15.2 Å². The fraction of sp³-hybridized carbons (Fsp3) is 0.559. The molecular formula is C34H42F3N9O2S2. The molecule has 2 N–H and O–H groups in total. The van der Waals surface area contributed by atoms with Gasteiger partial charge in [-0.3, -0.25) is 9.80 Å². The molecule has 16 heteroatoms. The summed E-state index contributed by atoms with van der Waals surface area (Å²) < 4.78 is 66.9. The topological polar surface area (TPSA) is 128 Å². The van der Waals surface area contributed by atoms with E-state index < -0.39 is 22.6 Å². The number of alkyl halides is 3. The lowest BCUT2D eigenvalue weighted by molar-refractivity contribution is -0.126. The van der Waals surface area contributed by atoms with Crippen LogP contribution in [0.4, 0.5) is 24.9 Å². The molecule has 7 rings (SSSR count). The second-order valence-electron chi connectivity index (χ2n) is 14.3. The van der Waals surface area contributed by atoms with Crippen LogP contribution in [0.1, 0.15) is 41.5 Å². The monoisotopic (exact) mass is 729 g/mol. The van der Waals surface area contributed by atoms with E-state index in [0.29, 0.717) is 54.5 Å². The molecule has 3 aliphatic rings. The molecule has 0 amide bonds. The van der Waals surface area contributed by atoms with E-state index in [1.807, 2.05) is 6.07 Å². The number of rotatable bonds is 8. The first-order valence-corrected chi connectivity index (χ1v) is 19.6. The van der Waals surface area contributed by atoms with Gasteiger partial charge >= 0.3 is 6.18 Å². The Balaban J connectivity index is 1.03. The number of likely N-dealkylation sites (tertiary alicyclic amines) is 1. The molecule has 3 aromatic heterocycles. The Labute approximate surface area is 294 Å². The molecule has 50 heavy (non-hydrogen) atoms. The molecule has 3 fully saturated rings. The highest BCUT2D eigenvalue weighted by Gasteiger charge is 2.44. The lowest BCUT2D eigenvalue weighted by atomic mass is 9.86. The lowest BCUT2D eigenvalue weighted by Crippen LogP contribution is -2.51. The molecule has 0 bridgehead atoms. The average Bonchev–Trinajstić information content (AvgIpc) is 3.83. The summed E-state index contributed by atoms with van der Waals surface area (Å²) in [5, 5.41) is 11.8. The fourth-order valence-electron chi connectivity index (χ4n) is 8.19. The zero-order valence-electron chi connectivity index (χ0n) is 28.5. The van der Waals surface area contributed by atoms with E-state index >= 15 is 0 Å². The zero-order chi connectivity index (χ0) is 35.6. The summed E-state index contributed by atoms with van der Waals surface area (Å²) in [7, 11) is -3.20. The van der Waals surface area contributed by atoms with Crippen molar-refractivity contribution in [3.8, 4) is 6.07 Å². The molecule has 4 aromatic rings. The van der Waals surface area contributed by atoms with Crippen LogP contribution in [0.3, 0.4) is 0 Å². The van der Waals surface area contributed by atoms with Gasteiger partial charge in [-0.25, -0.2) is 13.4 Å². The number of sulfonamides is 1. The molecule has 6 heterocycles. The van der Waals surface area contributed by atoms with Crippen LogP contribution in [0.5, 0.6) is 0 Å². The van der Waals surface area contributed by atoms with Crippen molar-refractivity contribution in [1.82, 2.24) is 28.6 Å². The molecule has 1 aromatic carbocycles. The van der Waals surface area contributed by atoms with Crippen LogP contribution in [-0.2, 0) is 29.5 Å². The van der Waals surface area contributed by atoms with Gasteiger partial charge in [0.1, 0.15) is 22.4 Å². The molecule has 1 spiro atoms. The molecule has 0 saturated carbocycles. The predicted octanol–water partition coefficient (Wildman–Crippen LogP) is 4.58. The first-order chi connectivity index (χ1) is 23.6. The zero-order valence-corrected chi connectivity index (χ0v) is 30.1.